The van der Waals surface area contributed by atoms with Crippen LogP contribution in [0.3, 0.4) is 0 Å². The summed E-state index contributed by atoms with van der Waals surface area (Å²) in [7, 11) is 2.90. The molecule has 2 aromatic carbocycles. The largest absolute Gasteiger partial charge is 0.497 e. The number of aromatic amines is 1. The van der Waals surface area contributed by atoms with Crippen molar-refractivity contribution >= 4 is 28.5 Å². The molecular formula is C26H31N3O4. The number of benzene rings is 2. The molecule has 0 radical (unpaired) electrons. The van der Waals surface area contributed by atoms with E-state index in [0.29, 0.717) is 35.8 Å². The molecular weight excluding hydrogens is 418 g/mol. The van der Waals surface area contributed by atoms with Crippen molar-refractivity contribution in [3.63, 3.8) is 0 Å². The van der Waals surface area contributed by atoms with Gasteiger partial charge in [0.05, 0.1) is 25.4 Å². The van der Waals surface area contributed by atoms with Gasteiger partial charge in [0.25, 0.3) is 0 Å². The topological polar surface area (TPSA) is 83.7 Å². The number of likely N-dealkylation sites (tertiary alicyclic amines) is 1. The number of carbonyl (C=O) groups is 2. The van der Waals surface area contributed by atoms with Gasteiger partial charge in [0.15, 0.2) is 0 Å². The fraction of sp³-hybridized carbons (Fsp3) is 0.385. The Bertz CT molecular complexity index is 1100. The number of methoxy groups -OCH3 is 2. The average molecular weight is 450 g/mol. The average Bonchev–Trinajstić information content (AvgIpc) is 3.21. The highest BCUT2D eigenvalue weighted by molar-refractivity contribution is 6.11. The number of ether oxygens (including phenoxy) is 2. The van der Waals surface area contributed by atoms with Gasteiger partial charge in [-0.25, -0.2) is 4.79 Å². The van der Waals surface area contributed by atoms with Gasteiger partial charge in [0, 0.05) is 24.4 Å². The Kier molecular flexibility index (Phi) is 7.29. The van der Waals surface area contributed by atoms with E-state index >= 15 is 0 Å². The van der Waals surface area contributed by atoms with Gasteiger partial charge in [-0.05, 0) is 56.0 Å². The second-order valence-corrected chi connectivity index (χ2v) is 8.55. The smallest absolute Gasteiger partial charge is 0.356 e. The van der Waals surface area contributed by atoms with E-state index in [4.69, 9.17) is 9.47 Å². The molecule has 1 aliphatic rings. The zero-order valence-corrected chi connectivity index (χ0v) is 19.2. The highest BCUT2D eigenvalue weighted by Crippen LogP contribution is 2.31. The summed E-state index contributed by atoms with van der Waals surface area (Å²) in [5.41, 5.74) is 2.78. The van der Waals surface area contributed by atoms with Crippen LogP contribution < -0.4 is 10.1 Å². The van der Waals surface area contributed by atoms with Crippen LogP contribution in [0.4, 0.5) is 5.69 Å². The number of carbonyl (C=O) groups excluding carboxylic acids is 2. The number of fused-ring (bicyclic) bond motifs is 1. The second-order valence-electron chi connectivity index (χ2n) is 8.55. The zero-order valence-electron chi connectivity index (χ0n) is 19.2. The molecule has 7 nitrogen and oxygen atoms in total. The fourth-order valence-corrected chi connectivity index (χ4v) is 4.51. The predicted octanol–water partition coefficient (Wildman–Crippen LogP) is 4.25. The van der Waals surface area contributed by atoms with Crippen LogP contribution in [0.15, 0.2) is 48.5 Å². The zero-order chi connectivity index (χ0) is 23.2. The van der Waals surface area contributed by atoms with E-state index < -0.39 is 5.97 Å². The number of anilines is 1. The van der Waals surface area contributed by atoms with Crippen LogP contribution in [0, 0.1) is 5.92 Å². The molecule has 1 saturated heterocycles. The molecule has 174 valence electrons. The third-order valence-corrected chi connectivity index (χ3v) is 6.39. The molecule has 3 aromatic rings. The number of nitrogens with one attached hydrogen (secondary N) is 2. The first-order valence-corrected chi connectivity index (χ1v) is 11.4. The molecule has 0 atom stereocenters. The standard InChI is InChI=1S/C26H31N3O4/c1-32-20-8-9-21-22(17-20)27-25(26(31)33-2)24(21)28-23(30)12-15-29-13-10-19(11-14-29)16-18-6-4-3-5-7-18/h3-9,17,19,27H,10-16H2,1-2H3,(H,28,30). The second kappa shape index (κ2) is 10.5. The van der Waals surface area contributed by atoms with E-state index in [1.165, 1.54) is 12.7 Å². The minimum atomic E-state index is -0.527. The van der Waals surface area contributed by atoms with Crippen molar-refractivity contribution in [1.29, 1.82) is 0 Å². The summed E-state index contributed by atoms with van der Waals surface area (Å²) < 4.78 is 10.1. The van der Waals surface area contributed by atoms with E-state index in [0.717, 1.165) is 37.7 Å². The minimum absolute atomic E-state index is 0.122. The Balaban J connectivity index is 1.33. The molecule has 0 aliphatic carbocycles. The molecule has 7 heteroatoms. The molecule has 1 fully saturated rings. The lowest BCUT2D eigenvalue weighted by Crippen LogP contribution is -2.36. The summed E-state index contributed by atoms with van der Waals surface area (Å²) in [6.45, 7) is 2.71. The lowest BCUT2D eigenvalue weighted by molar-refractivity contribution is -0.116. The van der Waals surface area contributed by atoms with Gasteiger partial charge in [-0.2, -0.15) is 0 Å². The van der Waals surface area contributed by atoms with Gasteiger partial charge in [-0.15, -0.1) is 0 Å². The summed E-state index contributed by atoms with van der Waals surface area (Å²) in [5.74, 6) is 0.709. The molecule has 0 unspecified atom stereocenters. The van der Waals surface area contributed by atoms with E-state index in [1.807, 2.05) is 6.07 Å². The summed E-state index contributed by atoms with van der Waals surface area (Å²) >= 11 is 0. The van der Waals surface area contributed by atoms with Crippen LogP contribution in [0.25, 0.3) is 10.9 Å². The first kappa shape index (κ1) is 22.9. The molecule has 0 spiro atoms. The van der Waals surface area contributed by atoms with E-state index in [1.54, 1.807) is 19.2 Å². The number of rotatable bonds is 8. The lowest BCUT2D eigenvalue weighted by Gasteiger charge is -2.31. The summed E-state index contributed by atoms with van der Waals surface area (Å²) in [5, 5.41) is 3.67. The molecule has 2 N–H and O–H groups in total. The Morgan fingerprint density at radius 3 is 2.55 bits per heavy atom. The van der Waals surface area contributed by atoms with Gasteiger partial charge in [0.1, 0.15) is 11.4 Å². The van der Waals surface area contributed by atoms with E-state index in [-0.39, 0.29) is 11.6 Å². The molecule has 4 rings (SSSR count). The van der Waals surface area contributed by atoms with Crippen LogP contribution in [0.5, 0.6) is 5.75 Å². The maximum Gasteiger partial charge on any atom is 0.356 e. The highest BCUT2D eigenvalue weighted by Gasteiger charge is 2.22. The fourth-order valence-electron chi connectivity index (χ4n) is 4.51. The third kappa shape index (κ3) is 5.54. The molecule has 0 saturated carbocycles. The number of nitrogens with zero attached hydrogens (tertiary/aromatic N) is 1. The van der Waals surface area contributed by atoms with Crippen LogP contribution in [-0.2, 0) is 16.0 Å². The maximum absolute atomic E-state index is 12.8. The number of amides is 1. The van der Waals surface area contributed by atoms with Crippen molar-refractivity contribution in [1.82, 2.24) is 9.88 Å². The predicted molar refractivity (Wildman–Crippen MR) is 129 cm³/mol. The van der Waals surface area contributed by atoms with Crippen LogP contribution in [0.1, 0.15) is 35.3 Å². The van der Waals surface area contributed by atoms with Gasteiger partial charge >= 0.3 is 5.97 Å². The number of hydrogen-bond acceptors (Lipinski definition) is 5. The number of H-pyrrole nitrogens is 1. The van der Waals surface area contributed by atoms with Gasteiger partial charge in [-0.3, -0.25) is 4.79 Å². The molecule has 1 aromatic heterocycles. The summed E-state index contributed by atoms with van der Waals surface area (Å²) in [6.07, 6.45) is 3.78. The summed E-state index contributed by atoms with van der Waals surface area (Å²) in [4.78, 5) is 30.4. The normalized spacial score (nSPS) is 14.8. The first-order chi connectivity index (χ1) is 16.1. The maximum atomic E-state index is 12.8. The van der Waals surface area contributed by atoms with Crippen LogP contribution >= 0.6 is 0 Å². The Morgan fingerprint density at radius 1 is 1.09 bits per heavy atom. The van der Waals surface area contributed by atoms with Gasteiger partial charge in [0.2, 0.25) is 5.91 Å². The lowest BCUT2D eigenvalue weighted by atomic mass is 9.90. The Labute approximate surface area is 194 Å². The van der Waals surface area contributed by atoms with Crippen molar-refractivity contribution in [2.75, 3.05) is 39.2 Å². The van der Waals surface area contributed by atoms with Crippen molar-refractivity contribution < 1.29 is 19.1 Å². The van der Waals surface area contributed by atoms with E-state index in [2.05, 4.69) is 45.5 Å². The van der Waals surface area contributed by atoms with E-state index in [9.17, 15) is 9.59 Å². The number of esters is 1. The van der Waals surface area contributed by atoms with Crippen molar-refractivity contribution in [3.05, 3.63) is 59.8 Å². The quantitative estimate of drug-likeness (QED) is 0.503. The molecule has 1 aliphatic heterocycles. The molecule has 33 heavy (non-hydrogen) atoms. The van der Waals surface area contributed by atoms with Crippen LogP contribution in [-0.4, -0.2) is 55.6 Å². The summed E-state index contributed by atoms with van der Waals surface area (Å²) in [6, 6.07) is 16.0. The monoisotopic (exact) mass is 449 g/mol. The van der Waals surface area contributed by atoms with Gasteiger partial charge < -0.3 is 24.7 Å². The molecule has 1 amide bonds. The number of piperidine rings is 1. The molecule has 2 heterocycles. The third-order valence-electron chi connectivity index (χ3n) is 6.39. The highest BCUT2D eigenvalue weighted by atomic mass is 16.5. The Morgan fingerprint density at radius 2 is 1.85 bits per heavy atom. The van der Waals surface area contributed by atoms with Crippen LogP contribution in [0.2, 0.25) is 0 Å². The number of hydrogen-bond donors (Lipinski definition) is 2. The van der Waals surface area contributed by atoms with Crippen molar-refractivity contribution in [2.45, 2.75) is 25.7 Å². The first-order valence-electron chi connectivity index (χ1n) is 11.4. The van der Waals surface area contributed by atoms with Crippen molar-refractivity contribution in [3.8, 4) is 5.75 Å². The SMILES string of the molecule is COC(=O)c1[nH]c2cc(OC)ccc2c1NC(=O)CCN1CCC(Cc2ccccc2)CC1. The Hall–Kier alpha value is -3.32. The van der Waals surface area contributed by atoms with Gasteiger partial charge in [-0.1, -0.05) is 30.3 Å². The molecule has 0 bridgehead atoms. The minimum Gasteiger partial charge on any atom is -0.497 e. The van der Waals surface area contributed by atoms with Crippen molar-refractivity contribution in [2.24, 2.45) is 5.92 Å². The number of aromatic nitrogens is 1.